The number of aromatic nitrogens is 2. The van der Waals surface area contributed by atoms with Gasteiger partial charge in [0.05, 0.1) is 13.7 Å². The summed E-state index contributed by atoms with van der Waals surface area (Å²) in [7, 11) is 1.65. The Bertz CT molecular complexity index is 1410. The van der Waals surface area contributed by atoms with Gasteiger partial charge in [0.2, 0.25) is 0 Å². The molecule has 3 amide bonds. The number of carbonyl (C=O) groups is 2. The number of hydrogen-bond donors (Lipinski definition) is 2. The van der Waals surface area contributed by atoms with E-state index in [1.165, 1.54) is 6.33 Å². The van der Waals surface area contributed by atoms with E-state index in [0.717, 1.165) is 60.5 Å². The summed E-state index contributed by atoms with van der Waals surface area (Å²) in [5.41, 5.74) is 4.42. The topological polar surface area (TPSA) is 111 Å². The van der Waals surface area contributed by atoms with Gasteiger partial charge in [0.15, 0.2) is 0 Å². The summed E-state index contributed by atoms with van der Waals surface area (Å²) >= 11 is 0. The summed E-state index contributed by atoms with van der Waals surface area (Å²) < 4.78 is 5.35. The maximum atomic E-state index is 13.4. The highest BCUT2D eigenvalue weighted by atomic mass is 16.5. The standard InChI is InChI=1S/C30H34N6O4/c1-40-24-6-7-26-20(14-24)8-13-36(30(39)33-26)23-9-11-34(12-10-23)28-15-27(31-19-32-28)29(38)35-16-21-4-2-3-5-25(21)22(17-35)18-37/h2-7,14-15,19,22-23,37H,8-13,16-18H2,1H3,(H,33,39). The summed E-state index contributed by atoms with van der Waals surface area (Å²) in [6.45, 7) is 3.03. The highest BCUT2D eigenvalue weighted by Crippen LogP contribution is 2.30. The van der Waals surface area contributed by atoms with Crippen molar-refractivity contribution in [2.75, 3.05) is 50.1 Å². The van der Waals surface area contributed by atoms with Gasteiger partial charge in [-0.1, -0.05) is 24.3 Å². The van der Waals surface area contributed by atoms with Gasteiger partial charge >= 0.3 is 6.03 Å². The molecule has 1 saturated heterocycles. The first kappa shape index (κ1) is 26.1. The molecule has 0 aliphatic carbocycles. The molecular formula is C30H34N6O4. The lowest BCUT2D eigenvalue weighted by atomic mass is 9.90. The van der Waals surface area contributed by atoms with Crippen molar-refractivity contribution in [2.24, 2.45) is 0 Å². The Labute approximate surface area is 233 Å². The minimum Gasteiger partial charge on any atom is -0.497 e. The molecule has 10 heteroatoms. The minimum absolute atomic E-state index is 0.0138. The van der Waals surface area contributed by atoms with Gasteiger partial charge in [-0.2, -0.15) is 0 Å². The van der Waals surface area contributed by atoms with Gasteiger partial charge in [-0.05, 0) is 54.2 Å². The zero-order valence-corrected chi connectivity index (χ0v) is 22.6. The van der Waals surface area contributed by atoms with Crippen molar-refractivity contribution in [1.82, 2.24) is 19.8 Å². The summed E-state index contributed by atoms with van der Waals surface area (Å²) in [6.07, 6.45) is 3.83. The van der Waals surface area contributed by atoms with Crippen LogP contribution in [0, 0.1) is 0 Å². The molecule has 1 atom stereocenters. The highest BCUT2D eigenvalue weighted by molar-refractivity contribution is 5.93. The average Bonchev–Trinajstić information content (AvgIpc) is 3.17. The van der Waals surface area contributed by atoms with Crippen LogP contribution in [0.25, 0.3) is 0 Å². The van der Waals surface area contributed by atoms with Crippen LogP contribution in [-0.4, -0.2) is 82.8 Å². The third-order valence-corrected chi connectivity index (χ3v) is 8.34. The van der Waals surface area contributed by atoms with E-state index in [4.69, 9.17) is 4.74 Å². The lowest BCUT2D eigenvalue weighted by Crippen LogP contribution is -2.49. The molecule has 4 heterocycles. The largest absolute Gasteiger partial charge is 0.497 e. The number of ether oxygens (including phenoxy) is 1. The Hall–Kier alpha value is -4.18. The molecule has 3 aliphatic heterocycles. The van der Waals surface area contributed by atoms with E-state index in [1.54, 1.807) is 18.1 Å². The number of hydrogen-bond acceptors (Lipinski definition) is 7. The van der Waals surface area contributed by atoms with Gasteiger partial charge in [0, 0.05) is 56.4 Å². The van der Waals surface area contributed by atoms with Crippen LogP contribution < -0.4 is 15.0 Å². The number of anilines is 2. The van der Waals surface area contributed by atoms with Crippen LogP contribution in [0.3, 0.4) is 0 Å². The molecule has 3 aromatic rings. The summed E-state index contributed by atoms with van der Waals surface area (Å²) in [4.78, 5) is 41.1. The molecule has 0 spiro atoms. The van der Waals surface area contributed by atoms with E-state index in [1.807, 2.05) is 47.4 Å². The van der Waals surface area contributed by atoms with Crippen molar-refractivity contribution in [2.45, 2.75) is 37.8 Å². The van der Waals surface area contributed by atoms with E-state index in [9.17, 15) is 14.7 Å². The third kappa shape index (κ3) is 5.06. The molecule has 6 rings (SSSR count). The van der Waals surface area contributed by atoms with Crippen molar-refractivity contribution in [3.8, 4) is 5.75 Å². The lowest BCUT2D eigenvalue weighted by molar-refractivity contribution is 0.0692. The Morgan fingerprint density at radius 2 is 1.90 bits per heavy atom. The van der Waals surface area contributed by atoms with E-state index < -0.39 is 0 Å². The molecule has 2 aromatic carbocycles. The van der Waals surface area contributed by atoms with Crippen LogP contribution in [-0.2, 0) is 13.0 Å². The van der Waals surface area contributed by atoms with Gasteiger partial charge in [-0.15, -0.1) is 0 Å². The number of benzene rings is 2. The first-order valence-corrected chi connectivity index (χ1v) is 13.8. The van der Waals surface area contributed by atoms with Gasteiger partial charge in [0.1, 0.15) is 23.6 Å². The molecule has 1 unspecified atom stereocenters. The summed E-state index contributed by atoms with van der Waals surface area (Å²) in [5.74, 6) is 1.23. The number of fused-ring (bicyclic) bond motifs is 2. The number of carbonyl (C=O) groups excluding carboxylic acids is 2. The van der Waals surface area contributed by atoms with Crippen LogP contribution in [0.1, 0.15) is 45.9 Å². The van der Waals surface area contributed by atoms with Crippen molar-refractivity contribution in [1.29, 1.82) is 0 Å². The van der Waals surface area contributed by atoms with E-state index in [0.29, 0.717) is 31.1 Å². The van der Waals surface area contributed by atoms with Crippen molar-refractivity contribution < 1.29 is 19.4 Å². The predicted octanol–water partition coefficient (Wildman–Crippen LogP) is 3.28. The third-order valence-electron chi connectivity index (χ3n) is 8.34. The smallest absolute Gasteiger partial charge is 0.322 e. The summed E-state index contributed by atoms with van der Waals surface area (Å²) in [5, 5.41) is 13.0. The van der Waals surface area contributed by atoms with Crippen LogP contribution in [0.2, 0.25) is 0 Å². The van der Waals surface area contributed by atoms with Gasteiger partial charge in [-0.3, -0.25) is 4.79 Å². The lowest BCUT2D eigenvalue weighted by Gasteiger charge is -2.38. The molecule has 0 saturated carbocycles. The fraction of sp³-hybridized carbons (Fsp3) is 0.400. The monoisotopic (exact) mass is 542 g/mol. The van der Waals surface area contributed by atoms with E-state index >= 15 is 0 Å². The number of rotatable bonds is 5. The normalized spacial score (nSPS) is 19.4. The minimum atomic E-state index is -0.163. The second-order valence-corrected chi connectivity index (χ2v) is 10.6. The number of nitrogens with one attached hydrogen (secondary N) is 1. The average molecular weight is 543 g/mol. The van der Waals surface area contributed by atoms with Crippen LogP contribution in [0.15, 0.2) is 54.9 Å². The Morgan fingerprint density at radius 1 is 1.07 bits per heavy atom. The zero-order chi connectivity index (χ0) is 27.6. The van der Waals surface area contributed by atoms with E-state index in [2.05, 4.69) is 20.2 Å². The second-order valence-electron chi connectivity index (χ2n) is 10.6. The van der Waals surface area contributed by atoms with Crippen molar-refractivity contribution in [3.63, 3.8) is 0 Å². The Morgan fingerprint density at radius 3 is 2.70 bits per heavy atom. The van der Waals surface area contributed by atoms with Crippen molar-refractivity contribution >= 4 is 23.4 Å². The highest BCUT2D eigenvalue weighted by Gasteiger charge is 2.32. The molecule has 3 aliphatic rings. The number of urea groups is 1. The number of methoxy groups -OCH3 is 1. The Kier molecular flexibility index (Phi) is 7.25. The first-order valence-electron chi connectivity index (χ1n) is 13.8. The maximum Gasteiger partial charge on any atom is 0.322 e. The predicted molar refractivity (Wildman–Crippen MR) is 151 cm³/mol. The molecule has 40 heavy (non-hydrogen) atoms. The molecule has 0 bridgehead atoms. The van der Waals surface area contributed by atoms with Crippen LogP contribution in [0.5, 0.6) is 5.75 Å². The quantitative estimate of drug-likeness (QED) is 0.509. The van der Waals surface area contributed by atoms with Gasteiger partial charge in [0.25, 0.3) is 5.91 Å². The first-order chi connectivity index (χ1) is 19.5. The fourth-order valence-electron chi connectivity index (χ4n) is 6.13. The molecule has 10 nitrogen and oxygen atoms in total. The zero-order valence-electron chi connectivity index (χ0n) is 22.6. The van der Waals surface area contributed by atoms with Gasteiger partial charge in [-0.25, -0.2) is 14.8 Å². The molecule has 208 valence electrons. The Balaban J connectivity index is 1.10. The van der Waals surface area contributed by atoms with Crippen LogP contribution >= 0.6 is 0 Å². The SMILES string of the molecule is COc1ccc2c(c1)CCN(C1CCN(c3cc(C(=O)N4Cc5ccccc5C(CO)C4)ncn3)CC1)C(=O)N2. The number of amides is 3. The maximum absolute atomic E-state index is 13.4. The second kappa shape index (κ2) is 11.1. The molecule has 1 fully saturated rings. The molecule has 2 N–H and O–H groups in total. The number of piperidine rings is 1. The molecular weight excluding hydrogens is 508 g/mol. The number of aliphatic hydroxyl groups excluding tert-OH is 1. The fourth-order valence-corrected chi connectivity index (χ4v) is 6.13. The van der Waals surface area contributed by atoms with Gasteiger partial charge < -0.3 is 29.9 Å². The molecule has 1 aromatic heterocycles. The number of nitrogens with zero attached hydrogens (tertiary/aromatic N) is 5. The van der Waals surface area contributed by atoms with Crippen LogP contribution in [0.4, 0.5) is 16.3 Å². The number of aliphatic hydroxyl groups is 1. The summed E-state index contributed by atoms with van der Waals surface area (Å²) in [6, 6.07) is 15.5. The molecule has 0 radical (unpaired) electrons. The van der Waals surface area contributed by atoms with Crippen molar-refractivity contribution in [3.05, 3.63) is 77.2 Å². The van der Waals surface area contributed by atoms with E-state index in [-0.39, 0.29) is 30.5 Å².